The van der Waals surface area contributed by atoms with Crippen molar-refractivity contribution in [3.05, 3.63) is 16.7 Å². The summed E-state index contributed by atoms with van der Waals surface area (Å²) >= 11 is 0. The second-order valence-electron chi connectivity index (χ2n) is 2.76. The van der Waals surface area contributed by atoms with Crippen molar-refractivity contribution in [2.45, 2.75) is 6.73 Å². The Labute approximate surface area is 78.5 Å². The minimum absolute atomic E-state index is 0.0603. The number of anilines is 1. The molecule has 2 rings (SSSR count). The lowest BCUT2D eigenvalue weighted by Crippen LogP contribution is -2.14. The van der Waals surface area contributed by atoms with Gasteiger partial charge in [0.1, 0.15) is 6.73 Å². The van der Waals surface area contributed by atoms with E-state index in [-0.39, 0.29) is 18.2 Å². The number of rotatable bonds is 2. The Morgan fingerprint density at radius 2 is 2.50 bits per heavy atom. The van der Waals surface area contributed by atoms with Gasteiger partial charge in [0.25, 0.3) is 5.56 Å². The van der Waals surface area contributed by atoms with E-state index in [9.17, 15) is 4.79 Å². The minimum atomic E-state index is -0.318. The third-order valence-corrected chi connectivity index (χ3v) is 1.77. The Morgan fingerprint density at radius 3 is 3.21 bits per heavy atom. The number of nitrogens with two attached hydrogens (primary N) is 1. The predicted molar refractivity (Wildman–Crippen MR) is 49.6 cm³/mol. The molecule has 2 heterocycles. The van der Waals surface area contributed by atoms with Crippen molar-refractivity contribution < 1.29 is 4.74 Å². The third-order valence-electron chi connectivity index (χ3n) is 1.77. The lowest BCUT2D eigenvalue weighted by molar-refractivity contribution is 0.134. The topological polar surface area (TPSA) is 98.8 Å². The average molecular weight is 195 g/mol. The van der Waals surface area contributed by atoms with E-state index < -0.39 is 0 Å². The molecule has 0 aromatic carbocycles. The molecule has 74 valence electrons. The first-order chi connectivity index (χ1) is 6.72. The molecule has 2 aromatic rings. The summed E-state index contributed by atoms with van der Waals surface area (Å²) in [7, 11) is 1.53. The highest BCUT2D eigenvalue weighted by Gasteiger charge is 2.08. The molecule has 0 saturated carbocycles. The zero-order valence-corrected chi connectivity index (χ0v) is 7.52. The molecule has 14 heavy (non-hydrogen) atoms. The van der Waals surface area contributed by atoms with Gasteiger partial charge in [-0.05, 0) is 0 Å². The molecule has 7 nitrogen and oxygen atoms in total. The summed E-state index contributed by atoms with van der Waals surface area (Å²) in [6, 6.07) is 0. The summed E-state index contributed by atoms with van der Waals surface area (Å²) in [5.74, 6) is 0.0603. The molecule has 3 N–H and O–H groups in total. The Kier molecular flexibility index (Phi) is 1.93. The van der Waals surface area contributed by atoms with Crippen molar-refractivity contribution in [1.29, 1.82) is 0 Å². The zero-order chi connectivity index (χ0) is 10.1. The second-order valence-corrected chi connectivity index (χ2v) is 2.76. The molecule has 0 atom stereocenters. The van der Waals surface area contributed by atoms with Gasteiger partial charge in [-0.25, -0.2) is 4.98 Å². The van der Waals surface area contributed by atoms with Gasteiger partial charge in [0.15, 0.2) is 11.2 Å². The van der Waals surface area contributed by atoms with E-state index >= 15 is 0 Å². The third kappa shape index (κ3) is 1.23. The van der Waals surface area contributed by atoms with Crippen molar-refractivity contribution in [3.8, 4) is 0 Å². The van der Waals surface area contributed by atoms with Crippen LogP contribution in [0.1, 0.15) is 0 Å². The first-order valence-electron chi connectivity index (χ1n) is 3.92. The van der Waals surface area contributed by atoms with Gasteiger partial charge >= 0.3 is 0 Å². The maximum atomic E-state index is 11.5. The number of imidazole rings is 1. The van der Waals surface area contributed by atoms with Crippen LogP contribution in [0.5, 0.6) is 0 Å². The summed E-state index contributed by atoms with van der Waals surface area (Å²) in [6.07, 6.45) is 1.48. The smallest absolute Gasteiger partial charge is 0.278 e. The number of aromatic nitrogens is 4. The van der Waals surface area contributed by atoms with Crippen LogP contribution in [0.4, 0.5) is 5.95 Å². The number of H-pyrrole nitrogens is 1. The van der Waals surface area contributed by atoms with Crippen LogP contribution in [-0.2, 0) is 11.5 Å². The maximum Gasteiger partial charge on any atom is 0.278 e. The van der Waals surface area contributed by atoms with Crippen LogP contribution in [0.3, 0.4) is 0 Å². The summed E-state index contributed by atoms with van der Waals surface area (Å²) in [5, 5.41) is 0. The molecule has 0 amide bonds. The molecule has 0 bridgehead atoms. The minimum Gasteiger partial charge on any atom is -0.369 e. The van der Waals surface area contributed by atoms with Gasteiger partial charge in [-0.2, -0.15) is 4.98 Å². The number of hydrogen-bond donors (Lipinski definition) is 2. The van der Waals surface area contributed by atoms with Crippen LogP contribution < -0.4 is 11.3 Å². The summed E-state index contributed by atoms with van der Waals surface area (Å²) in [5.41, 5.74) is 5.73. The van der Waals surface area contributed by atoms with E-state index in [0.29, 0.717) is 11.2 Å². The van der Waals surface area contributed by atoms with Gasteiger partial charge in [-0.3, -0.25) is 9.78 Å². The Bertz CT molecular complexity index is 514. The molecule has 2 aromatic heterocycles. The quantitative estimate of drug-likeness (QED) is 0.660. The van der Waals surface area contributed by atoms with Gasteiger partial charge in [0.2, 0.25) is 5.95 Å². The number of aromatic amines is 1. The van der Waals surface area contributed by atoms with Crippen LogP contribution in [0.2, 0.25) is 0 Å². The fourth-order valence-electron chi connectivity index (χ4n) is 1.24. The highest BCUT2D eigenvalue weighted by Crippen LogP contribution is 2.05. The average Bonchev–Trinajstić information content (AvgIpc) is 2.49. The second kappa shape index (κ2) is 3.11. The molecule has 0 aliphatic heterocycles. The number of fused-ring (bicyclic) bond motifs is 1. The van der Waals surface area contributed by atoms with E-state index in [1.807, 2.05) is 0 Å². The molecule has 0 radical (unpaired) electrons. The number of methoxy groups -OCH3 is 1. The number of nitrogens with one attached hydrogen (secondary N) is 1. The molecular formula is C7H9N5O2. The predicted octanol–water partition coefficient (Wildman–Crippen LogP) is -0.694. The number of nitrogen functional groups attached to an aromatic ring is 1. The summed E-state index contributed by atoms with van der Waals surface area (Å²) < 4.78 is 6.45. The largest absolute Gasteiger partial charge is 0.369 e. The van der Waals surface area contributed by atoms with Gasteiger partial charge in [-0.1, -0.05) is 0 Å². The maximum absolute atomic E-state index is 11.5. The fraction of sp³-hybridized carbons (Fsp3) is 0.286. The van der Waals surface area contributed by atoms with E-state index in [2.05, 4.69) is 15.0 Å². The van der Waals surface area contributed by atoms with Crippen LogP contribution >= 0.6 is 0 Å². The molecular weight excluding hydrogens is 186 g/mol. The van der Waals surface area contributed by atoms with Crippen molar-refractivity contribution in [1.82, 2.24) is 19.5 Å². The monoisotopic (exact) mass is 195 g/mol. The number of nitrogens with zero attached hydrogens (tertiary/aromatic N) is 3. The van der Waals surface area contributed by atoms with Crippen LogP contribution in [0.25, 0.3) is 11.2 Å². The van der Waals surface area contributed by atoms with Gasteiger partial charge < -0.3 is 15.0 Å². The summed E-state index contributed by atoms with van der Waals surface area (Å²) in [6.45, 7) is 0.255. The van der Waals surface area contributed by atoms with Crippen molar-refractivity contribution >= 4 is 17.1 Å². The highest BCUT2D eigenvalue weighted by molar-refractivity contribution is 5.70. The van der Waals surface area contributed by atoms with E-state index in [0.717, 1.165) is 0 Å². The van der Waals surface area contributed by atoms with E-state index in [1.54, 1.807) is 4.57 Å². The lowest BCUT2D eigenvalue weighted by Gasteiger charge is -2.00. The van der Waals surface area contributed by atoms with Crippen LogP contribution in [0, 0.1) is 0 Å². The van der Waals surface area contributed by atoms with Crippen LogP contribution in [0.15, 0.2) is 11.1 Å². The molecule has 0 fully saturated rings. The lowest BCUT2D eigenvalue weighted by atomic mass is 10.5. The molecule has 0 aliphatic carbocycles. The van der Waals surface area contributed by atoms with E-state index in [1.165, 1.54) is 13.4 Å². The molecule has 7 heteroatoms. The fourth-order valence-corrected chi connectivity index (χ4v) is 1.24. The zero-order valence-electron chi connectivity index (χ0n) is 7.52. The first-order valence-corrected chi connectivity index (χ1v) is 3.92. The SMILES string of the molecule is COCn1cnc2nc(N)[nH]c(=O)c21. The first kappa shape index (κ1) is 8.70. The Balaban J connectivity index is 2.73. The summed E-state index contributed by atoms with van der Waals surface area (Å²) in [4.78, 5) is 21.7. The number of ether oxygens (including phenoxy) is 1. The molecule has 0 aliphatic rings. The standard InChI is InChI=1S/C7H9N5O2/c1-14-3-12-2-9-5-4(12)6(13)11-7(8)10-5/h2H,3H2,1H3,(H3,8,10,11,13). The Hall–Kier alpha value is -1.89. The van der Waals surface area contributed by atoms with Crippen molar-refractivity contribution in [3.63, 3.8) is 0 Å². The van der Waals surface area contributed by atoms with Crippen molar-refractivity contribution in [2.75, 3.05) is 12.8 Å². The van der Waals surface area contributed by atoms with Gasteiger partial charge in [0, 0.05) is 7.11 Å². The molecule has 0 unspecified atom stereocenters. The van der Waals surface area contributed by atoms with Gasteiger partial charge in [-0.15, -0.1) is 0 Å². The van der Waals surface area contributed by atoms with E-state index in [4.69, 9.17) is 10.5 Å². The normalized spacial score (nSPS) is 10.9. The Morgan fingerprint density at radius 1 is 1.71 bits per heavy atom. The molecule has 0 spiro atoms. The number of hydrogen-bond acceptors (Lipinski definition) is 5. The van der Waals surface area contributed by atoms with Crippen molar-refractivity contribution in [2.24, 2.45) is 0 Å². The van der Waals surface area contributed by atoms with Gasteiger partial charge in [0.05, 0.1) is 6.33 Å². The van der Waals surface area contributed by atoms with Crippen LogP contribution in [-0.4, -0.2) is 26.6 Å². The molecule has 0 saturated heterocycles. The highest BCUT2D eigenvalue weighted by atomic mass is 16.5.